The summed E-state index contributed by atoms with van der Waals surface area (Å²) in [6.45, 7) is 0. The second-order valence-corrected chi connectivity index (χ2v) is 6.05. The fourth-order valence-corrected chi connectivity index (χ4v) is 3.12. The van der Waals surface area contributed by atoms with Crippen molar-refractivity contribution < 1.29 is 9.59 Å². The van der Waals surface area contributed by atoms with Crippen molar-refractivity contribution in [3.63, 3.8) is 0 Å². The lowest BCUT2D eigenvalue weighted by molar-refractivity contribution is -0.109. The van der Waals surface area contributed by atoms with Crippen molar-refractivity contribution >= 4 is 29.4 Å². The van der Waals surface area contributed by atoms with Gasteiger partial charge in [-0.3, -0.25) is 4.79 Å². The molecule has 0 bridgehead atoms. The van der Waals surface area contributed by atoms with Crippen molar-refractivity contribution in [2.45, 2.75) is 12.8 Å². The van der Waals surface area contributed by atoms with E-state index in [0.29, 0.717) is 11.3 Å². The number of hydrogen-bond acceptors (Lipinski definition) is 6. The predicted molar refractivity (Wildman–Crippen MR) is 84.0 cm³/mol. The molecule has 6 nitrogen and oxygen atoms in total. The Balaban J connectivity index is 2.52. The molecule has 1 aromatic rings. The number of aldehydes is 1. The summed E-state index contributed by atoms with van der Waals surface area (Å²) in [5.74, 6) is -1.53. The van der Waals surface area contributed by atoms with Gasteiger partial charge >= 0.3 is 0 Å². The fraction of sp³-hybridized carbons (Fsp3) is 0.294. The number of rotatable bonds is 4. The van der Waals surface area contributed by atoms with E-state index in [1.807, 2.05) is 6.07 Å². The summed E-state index contributed by atoms with van der Waals surface area (Å²) in [6, 6.07) is 11.3. The first-order valence-corrected chi connectivity index (χ1v) is 7.34. The average molecular weight is 339 g/mol. The van der Waals surface area contributed by atoms with Crippen LogP contribution in [0.3, 0.4) is 0 Å². The van der Waals surface area contributed by atoms with E-state index >= 15 is 0 Å². The molecule has 0 radical (unpaired) electrons. The van der Waals surface area contributed by atoms with Crippen molar-refractivity contribution in [3.05, 3.63) is 34.9 Å². The second-order valence-electron chi connectivity index (χ2n) is 5.61. The Labute approximate surface area is 143 Å². The Kier molecular flexibility index (Phi) is 4.51. The third-order valence-electron chi connectivity index (χ3n) is 4.41. The highest BCUT2D eigenvalue weighted by Crippen LogP contribution is 2.54. The zero-order valence-corrected chi connectivity index (χ0v) is 13.2. The van der Waals surface area contributed by atoms with E-state index in [-0.39, 0.29) is 17.7 Å². The predicted octanol–water partition coefficient (Wildman–Crippen LogP) is 2.69. The summed E-state index contributed by atoms with van der Waals surface area (Å²) in [5.41, 5.74) is -3.96. The molecule has 1 aromatic carbocycles. The highest BCUT2D eigenvalue weighted by molar-refractivity contribution is 6.30. The molecule has 1 N–H and O–H groups in total. The van der Waals surface area contributed by atoms with Gasteiger partial charge in [-0.05, 0) is 30.7 Å². The largest absolute Gasteiger partial charge is 0.307 e. The van der Waals surface area contributed by atoms with Gasteiger partial charge in [-0.15, -0.1) is 0 Å². The lowest BCUT2D eigenvalue weighted by Crippen LogP contribution is -2.41. The highest BCUT2D eigenvalue weighted by atomic mass is 35.5. The number of hydrogen-bond donors (Lipinski definition) is 1. The molecule has 1 fully saturated rings. The monoisotopic (exact) mass is 338 g/mol. The van der Waals surface area contributed by atoms with Crippen LogP contribution in [0.1, 0.15) is 23.2 Å². The Hall–Kier alpha value is -3.01. The number of Topliss-reactive ketones (excluding diaryl/α,β-unsaturated/α-hetero) is 1. The van der Waals surface area contributed by atoms with E-state index < -0.39 is 29.0 Å². The maximum Gasteiger partial charge on any atom is 0.169 e. The Morgan fingerprint density at radius 2 is 1.83 bits per heavy atom. The average Bonchev–Trinajstić information content (AvgIpc) is 2.84. The maximum absolute atomic E-state index is 12.5. The molecule has 1 aliphatic carbocycles. The maximum atomic E-state index is 12.5. The minimum atomic E-state index is -1.95. The number of nitrogens with one attached hydrogen (secondary N) is 1. The molecule has 0 amide bonds. The normalized spacial score (nSPS) is 24.4. The van der Waals surface area contributed by atoms with Crippen LogP contribution in [0, 0.1) is 56.2 Å². The molecule has 1 unspecified atom stereocenters. The van der Waals surface area contributed by atoms with Crippen LogP contribution in [-0.2, 0) is 4.79 Å². The topological polar surface area (TPSA) is 129 Å². The SMILES string of the molecule is N#CC1(C#N)CC(C=O)C(=N)[C@]1(C#N)CC(=O)c1ccc(Cl)cc1. The van der Waals surface area contributed by atoms with Gasteiger partial charge in [0.25, 0.3) is 0 Å². The van der Waals surface area contributed by atoms with Crippen LogP contribution in [0.25, 0.3) is 0 Å². The van der Waals surface area contributed by atoms with Crippen molar-refractivity contribution in [1.29, 1.82) is 21.2 Å². The van der Waals surface area contributed by atoms with Crippen LogP contribution in [0.15, 0.2) is 24.3 Å². The fourth-order valence-electron chi connectivity index (χ4n) is 3.00. The molecule has 2 rings (SSSR count). The van der Waals surface area contributed by atoms with Crippen LogP contribution in [0.5, 0.6) is 0 Å². The Morgan fingerprint density at radius 1 is 1.25 bits per heavy atom. The molecule has 1 aliphatic rings. The van der Waals surface area contributed by atoms with Crippen LogP contribution >= 0.6 is 11.6 Å². The zero-order chi connectivity index (χ0) is 18.0. The first-order valence-electron chi connectivity index (χ1n) is 6.96. The lowest BCUT2D eigenvalue weighted by atomic mass is 9.64. The van der Waals surface area contributed by atoms with Crippen LogP contribution in [-0.4, -0.2) is 17.8 Å². The van der Waals surface area contributed by atoms with E-state index in [1.54, 1.807) is 12.1 Å². The number of nitriles is 3. The van der Waals surface area contributed by atoms with E-state index in [0.717, 1.165) is 0 Å². The van der Waals surface area contributed by atoms with E-state index in [2.05, 4.69) is 0 Å². The number of carbonyl (C=O) groups excluding carboxylic acids is 2. The molecule has 0 saturated heterocycles. The smallest absolute Gasteiger partial charge is 0.169 e. The van der Waals surface area contributed by atoms with Gasteiger partial charge in [0.15, 0.2) is 11.2 Å². The first kappa shape index (κ1) is 17.3. The summed E-state index contributed by atoms with van der Waals surface area (Å²) in [6.07, 6.45) is -0.336. The van der Waals surface area contributed by atoms with E-state index in [9.17, 15) is 25.4 Å². The molecule has 0 spiro atoms. The molecule has 0 heterocycles. The third kappa shape index (κ3) is 2.36. The first-order chi connectivity index (χ1) is 11.4. The summed E-state index contributed by atoms with van der Waals surface area (Å²) in [5, 5.41) is 37.2. The van der Waals surface area contributed by atoms with Crippen molar-refractivity contribution in [1.82, 2.24) is 0 Å². The quantitative estimate of drug-likeness (QED) is 0.666. The van der Waals surface area contributed by atoms with Crippen molar-refractivity contribution in [2.24, 2.45) is 16.7 Å². The third-order valence-corrected chi connectivity index (χ3v) is 4.67. The van der Waals surface area contributed by atoms with Gasteiger partial charge in [0, 0.05) is 22.7 Å². The molecular formula is C17H11ClN4O2. The Bertz CT molecular complexity index is 827. The van der Waals surface area contributed by atoms with Crippen molar-refractivity contribution in [2.75, 3.05) is 0 Å². The minimum Gasteiger partial charge on any atom is -0.307 e. The molecule has 0 aliphatic heterocycles. The molecule has 1 saturated carbocycles. The summed E-state index contributed by atoms with van der Waals surface area (Å²) in [7, 11) is 0. The minimum absolute atomic E-state index is 0.251. The van der Waals surface area contributed by atoms with Gasteiger partial charge in [0.1, 0.15) is 11.7 Å². The van der Waals surface area contributed by atoms with E-state index in [1.165, 1.54) is 24.3 Å². The summed E-state index contributed by atoms with van der Waals surface area (Å²) < 4.78 is 0. The van der Waals surface area contributed by atoms with Gasteiger partial charge in [0.05, 0.1) is 24.1 Å². The van der Waals surface area contributed by atoms with Crippen molar-refractivity contribution in [3.8, 4) is 18.2 Å². The van der Waals surface area contributed by atoms with Gasteiger partial charge in [-0.1, -0.05) is 11.6 Å². The number of nitrogens with zero attached hydrogens (tertiary/aromatic N) is 3. The van der Waals surface area contributed by atoms with Gasteiger partial charge in [-0.25, -0.2) is 0 Å². The second kappa shape index (κ2) is 6.24. The number of halogens is 1. The summed E-state index contributed by atoms with van der Waals surface area (Å²) >= 11 is 5.77. The molecular weight excluding hydrogens is 328 g/mol. The summed E-state index contributed by atoms with van der Waals surface area (Å²) in [4.78, 5) is 23.7. The molecule has 118 valence electrons. The number of carbonyl (C=O) groups is 2. The van der Waals surface area contributed by atoms with Gasteiger partial charge < -0.3 is 10.2 Å². The van der Waals surface area contributed by atoms with Crippen LogP contribution in [0.2, 0.25) is 5.02 Å². The van der Waals surface area contributed by atoms with Gasteiger partial charge in [-0.2, -0.15) is 15.8 Å². The number of ketones is 1. The molecule has 0 aromatic heterocycles. The zero-order valence-electron chi connectivity index (χ0n) is 12.4. The standard InChI is InChI=1S/C17H11ClN4O2/c18-13-3-1-11(2-4-13)14(24)6-17(10-21)15(22)12(7-23)5-16(17,8-19)9-20/h1-4,7,12,22H,5-6H2/t12?,17-/m1/s1. The van der Waals surface area contributed by atoms with Crippen LogP contribution in [0.4, 0.5) is 0 Å². The van der Waals surface area contributed by atoms with E-state index in [4.69, 9.17) is 17.0 Å². The van der Waals surface area contributed by atoms with Crippen LogP contribution < -0.4 is 0 Å². The number of benzene rings is 1. The van der Waals surface area contributed by atoms with Gasteiger partial charge in [0.2, 0.25) is 0 Å². The lowest BCUT2D eigenvalue weighted by Gasteiger charge is -2.29. The Morgan fingerprint density at radius 3 is 2.29 bits per heavy atom. The molecule has 24 heavy (non-hydrogen) atoms. The highest BCUT2D eigenvalue weighted by Gasteiger charge is 2.65. The molecule has 2 atom stereocenters. The molecule has 7 heteroatoms.